The number of β-amino-alcohol motifs (C(OH)–C–C–N with tert-alkyl or cyclic N) is 1. The number of morpholine rings is 1. The predicted octanol–water partition coefficient (Wildman–Crippen LogP) is 2.69. The molecule has 0 radical (unpaired) electrons. The van der Waals surface area contributed by atoms with E-state index in [0.717, 1.165) is 37.5 Å². The quantitative estimate of drug-likeness (QED) is 0.809. The van der Waals surface area contributed by atoms with E-state index in [1.165, 1.54) is 38.5 Å². The molecule has 1 saturated heterocycles. The van der Waals surface area contributed by atoms with E-state index in [1.54, 1.807) is 0 Å². The second kappa shape index (κ2) is 6.86. The van der Waals surface area contributed by atoms with Crippen LogP contribution in [0.1, 0.15) is 52.4 Å². The maximum Gasteiger partial charge on any atom is 0.0900 e. The van der Waals surface area contributed by atoms with Gasteiger partial charge in [-0.15, -0.1) is 0 Å². The van der Waals surface area contributed by atoms with Crippen LogP contribution in [0, 0.1) is 23.2 Å². The summed E-state index contributed by atoms with van der Waals surface area (Å²) in [6.07, 6.45) is 8.73. The molecule has 5 rings (SSSR count). The van der Waals surface area contributed by atoms with Crippen molar-refractivity contribution in [3.63, 3.8) is 0 Å². The average molecular weight is 338 g/mol. The molecule has 5 aliphatic rings. The first kappa shape index (κ1) is 17.3. The minimum absolute atomic E-state index is 0.258. The smallest absolute Gasteiger partial charge is 0.0900 e. The molecule has 1 heterocycles. The van der Waals surface area contributed by atoms with Gasteiger partial charge in [-0.2, -0.15) is 0 Å². The van der Waals surface area contributed by atoms with E-state index < -0.39 is 0 Å². The van der Waals surface area contributed by atoms with Crippen molar-refractivity contribution in [1.29, 1.82) is 0 Å². The molecule has 0 aromatic rings. The summed E-state index contributed by atoms with van der Waals surface area (Å²) < 4.78 is 11.8. The number of aliphatic hydroxyl groups excluding tert-OH is 1. The molecule has 4 bridgehead atoms. The standard InChI is InChI=1S/C20H35NO3/c1-14-9-21(10-15(2)24-14)11-19(22)12-23-13-20-6-16-3-17(7-20)5-18(4-16)8-20/h14-19,22H,3-13H2,1-2H3. The van der Waals surface area contributed by atoms with Crippen LogP contribution in [0.15, 0.2) is 0 Å². The van der Waals surface area contributed by atoms with Crippen molar-refractivity contribution in [2.75, 3.05) is 32.8 Å². The first-order valence-corrected chi connectivity index (χ1v) is 10.1. The van der Waals surface area contributed by atoms with Crippen molar-refractivity contribution in [2.45, 2.75) is 70.7 Å². The highest BCUT2D eigenvalue weighted by molar-refractivity contribution is 5.01. The van der Waals surface area contributed by atoms with Crippen LogP contribution in [-0.4, -0.2) is 61.2 Å². The minimum atomic E-state index is -0.378. The van der Waals surface area contributed by atoms with E-state index in [-0.39, 0.29) is 18.3 Å². The molecule has 3 unspecified atom stereocenters. The van der Waals surface area contributed by atoms with E-state index in [0.29, 0.717) is 18.6 Å². The molecule has 0 aromatic heterocycles. The van der Waals surface area contributed by atoms with Crippen LogP contribution in [0.2, 0.25) is 0 Å². The van der Waals surface area contributed by atoms with Gasteiger partial charge >= 0.3 is 0 Å². The first-order valence-electron chi connectivity index (χ1n) is 10.1. The van der Waals surface area contributed by atoms with E-state index in [1.807, 2.05) is 0 Å². The Morgan fingerprint density at radius 3 is 2.12 bits per heavy atom. The molecule has 0 amide bonds. The van der Waals surface area contributed by atoms with Crippen LogP contribution in [0.5, 0.6) is 0 Å². The molecule has 1 N–H and O–H groups in total. The fraction of sp³-hybridized carbons (Fsp3) is 1.00. The number of nitrogens with zero attached hydrogens (tertiary/aromatic N) is 1. The Balaban J connectivity index is 1.21. The summed E-state index contributed by atoms with van der Waals surface area (Å²) in [6.45, 7) is 8.12. The Kier molecular flexibility index (Phi) is 4.94. The zero-order valence-corrected chi connectivity index (χ0v) is 15.5. The SMILES string of the molecule is CC1CN(CC(O)COCC23CC4CC(CC(C4)C2)C3)CC(C)O1. The van der Waals surface area contributed by atoms with Crippen molar-refractivity contribution in [3.8, 4) is 0 Å². The van der Waals surface area contributed by atoms with Crippen molar-refractivity contribution in [1.82, 2.24) is 4.90 Å². The van der Waals surface area contributed by atoms with Gasteiger partial charge in [-0.05, 0) is 75.5 Å². The molecule has 5 fully saturated rings. The molecule has 138 valence electrons. The first-order chi connectivity index (χ1) is 11.5. The Hall–Kier alpha value is -0.160. The van der Waals surface area contributed by atoms with Gasteiger partial charge in [-0.25, -0.2) is 0 Å². The zero-order valence-electron chi connectivity index (χ0n) is 15.5. The monoisotopic (exact) mass is 337 g/mol. The molecule has 24 heavy (non-hydrogen) atoms. The van der Waals surface area contributed by atoms with Gasteiger partial charge in [0.1, 0.15) is 0 Å². The normalized spacial score (nSPS) is 46.4. The van der Waals surface area contributed by atoms with E-state index >= 15 is 0 Å². The van der Waals surface area contributed by atoms with E-state index in [4.69, 9.17) is 9.47 Å². The molecule has 0 aromatic carbocycles. The van der Waals surface area contributed by atoms with Crippen LogP contribution >= 0.6 is 0 Å². The summed E-state index contributed by atoms with van der Waals surface area (Å²) in [5.74, 6) is 2.92. The zero-order chi connectivity index (χ0) is 16.7. The lowest BCUT2D eigenvalue weighted by Gasteiger charge is -2.56. The Morgan fingerprint density at radius 2 is 1.58 bits per heavy atom. The summed E-state index contributed by atoms with van der Waals surface area (Å²) in [6, 6.07) is 0. The highest BCUT2D eigenvalue weighted by Gasteiger charge is 2.50. The molecule has 4 heteroatoms. The number of aliphatic hydroxyl groups is 1. The minimum Gasteiger partial charge on any atom is -0.389 e. The summed E-state index contributed by atoms with van der Waals surface area (Å²) in [5.41, 5.74) is 0.455. The molecule has 4 saturated carbocycles. The molecule has 4 aliphatic carbocycles. The Labute approximate surface area is 146 Å². The third-order valence-electron chi connectivity index (χ3n) is 6.85. The highest BCUT2D eigenvalue weighted by Crippen LogP contribution is 2.60. The van der Waals surface area contributed by atoms with Gasteiger partial charge in [0.2, 0.25) is 0 Å². The van der Waals surface area contributed by atoms with Gasteiger partial charge in [0.15, 0.2) is 0 Å². The largest absolute Gasteiger partial charge is 0.389 e. The fourth-order valence-electron chi connectivity index (χ4n) is 6.66. The van der Waals surface area contributed by atoms with E-state index in [2.05, 4.69) is 18.7 Å². The lowest BCUT2D eigenvalue weighted by molar-refractivity contribution is -0.112. The maximum atomic E-state index is 10.4. The lowest BCUT2D eigenvalue weighted by Crippen LogP contribution is -2.49. The number of hydrogen-bond acceptors (Lipinski definition) is 4. The van der Waals surface area contributed by atoms with Crippen LogP contribution < -0.4 is 0 Å². The average Bonchev–Trinajstić information content (AvgIpc) is 2.44. The van der Waals surface area contributed by atoms with Crippen LogP contribution in [0.4, 0.5) is 0 Å². The van der Waals surface area contributed by atoms with Gasteiger partial charge in [0.25, 0.3) is 0 Å². The summed E-state index contributed by atoms with van der Waals surface area (Å²) in [7, 11) is 0. The fourth-order valence-corrected chi connectivity index (χ4v) is 6.66. The maximum absolute atomic E-state index is 10.4. The van der Waals surface area contributed by atoms with Crippen molar-refractivity contribution >= 4 is 0 Å². The molecule has 3 atom stereocenters. The van der Waals surface area contributed by atoms with Gasteiger partial charge < -0.3 is 14.6 Å². The number of ether oxygens (including phenoxy) is 2. The summed E-state index contributed by atoms with van der Waals surface area (Å²) in [5, 5.41) is 10.4. The molecule has 4 nitrogen and oxygen atoms in total. The number of hydrogen-bond donors (Lipinski definition) is 1. The third-order valence-corrected chi connectivity index (χ3v) is 6.85. The van der Waals surface area contributed by atoms with Crippen LogP contribution in [-0.2, 0) is 9.47 Å². The van der Waals surface area contributed by atoms with Gasteiger partial charge in [-0.1, -0.05) is 0 Å². The lowest BCUT2D eigenvalue weighted by atomic mass is 9.50. The van der Waals surface area contributed by atoms with E-state index in [9.17, 15) is 5.11 Å². The van der Waals surface area contributed by atoms with Gasteiger partial charge in [0, 0.05) is 19.6 Å². The van der Waals surface area contributed by atoms with Crippen molar-refractivity contribution < 1.29 is 14.6 Å². The third kappa shape index (κ3) is 3.82. The second-order valence-electron chi connectivity index (χ2n) is 9.56. The second-order valence-corrected chi connectivity index (χ2v) is 9.56. The molecular formula is C20H35NO3. The number of rotatable bonds is 6. The molecular weight excluding hydrogens is 302 g/mol. The van der Waals surface area contributed by atoms with Crippen molar-refractivity contribution in [3.05, 3.63) is 0 Å². The Morgan fingerprint density at radius 1 is 1.04 bits per heavy atom. The molecule has 1 aliphatic heterocycles. The summed E-state index contributed by atoms with van der Waals surface area (Å²) in [4.78, 5) is 2.32. The molecule has 0 spiro atoms. The van der Waals surface area contributed by atoms with Gasteiger partial charge in [0.05, 0.1) is 31.5 Å². The van der Waals surface area contributed by atoms with Gasteiger partial charge in [-0.3, -0.25) is 4.90 Å². The van der Waals surface area contributed by atoms with Crippen LogP contribution in [0.3, 0.4) is 0 Å². The Bertz CT molecular complexity index is 395. The van der Waals surface area contributed by atoms with Crippen molar-refractivity contribution in [2.24, 2.45) is 23.2 Å². The predicted molar refractivity (Wildman–Crippen MR) is 93.9 cm³/mol. The topological polar surface area (TPSA) is 41.9 Å². The van der Waals surface area contributed by atoms with Crippen LogP contribution in [0.25, 0.3) is 0 Å². The summed E-state index contributed by atoms with van der Waals surface area (Å²) >= 11 is 0. The highest BCUT2D eigenvalue weighted by atomic mass is 16.5.